The van der Waals surface area contributed by atoms with Gasteiger partial charge in [-0.05, 0) is 61.9 Å². The number of halogens is 1. The van der Waals surface area contributed by atoms with Crippen LogP contribution in [-0.4, -0.2) is 26.2 Å². The number of nitrogens with one attached hydrogen (secondary N) is 1. The Labute approximate surface area is 122 Å². The van der Waals surface area contributed by atoms with Crippen molar-refractivity contribution in [2.24, 2.45) is 5.41 Å². The summed E-state index contributed by atoms with van der Waals surface area (Å²) in [5.41, 5.74) is 1.62. The fourth-order valence-electron chi connectivity index (χ4n) is 2.83. The first kappa shape index (κ1) is 14.5. The van der Waals surface area contributed by atoms with Crippen LogP contribution in [0.3, 0.4) is 0 Å². The molecule has 19 heavy (non-hydrogen) atoms. The summed E-state index contributed by atoms with van der Waals surface area (Å²) in [6.07, 6.45) is 4.30. The standard InChI is InChI=1S/C15H20BrNO2/c16-14-3-1-13(2-4-14)11-15(7-10-19-12-18)5-8-17-9-6-15/h1-4,12,17H,5-11H2. The van der Waals surface area contributed by atoms with Crippen molar-refractivity contribution in [3.63, 3.8) is 0 Å². The normalized spacial score (nSPS) is 17.9. The van der Waals surface area contributed by atoms with Crippen LogP contribution >= 0.6 is 15.9 Å². The second kappa shape index (κ2) is 7.06. The highest BCUT2D eigenvalue weighted by atomic mass is 79.9. The molecule has 0 bridgehead atoms. The third kappa shape index (κ3) is 4.32. The monoisotopic (exact) mass is 325 g/mol. The number of ether oxygens (including phenoxy) is 1. The van der Waals surface area contributed by atoms with Crippen LogP contribution in [0, 0.1) is 5.41 Å². The zero-order chi connectivity index (χ0) is 13.6. The number of hydrogen-bond donors (Lipinski definition) is 1. The van der Waals surface area contributed by atoms with E-state index in [2.05, 4.69) is 45.5 Å². The fraction of sp³-hybridized carbons (Fsp3) is 0.533. The van der Waals surface area contributed by atoms with Gasteiger partial charge in [0, 0.05) is 4.47 Å². The fourth-order valence-corrected chi connectivity index (χ4v) is 3.10. The predicted molar refractivity (Wildman–Crippen MR) is 79.0 cm³/mol. The average Bonchev–Trinajstić information content (AvgIpc) is 2.43. The summed E-state index contributed by atoms with van der Waals surface area (Å²) in [5.74, 6) is 0. The maximum absolute atomic E-state index is 10.3. The molecule has 4 heteroatoms. The van der Waals surface area contributed by atoms with Crippen molar-refractivity contribution in [1.82, 2.24) is 5.32 Å². The molecule has 0 atom stereocenters. The first-order chi connectivity index (χ1) is 9.24. The highest BCUT2D eigenvalue weighted by molar-refractivity contribution is 9.10. The lowest BCUT2D eigenvalue weighted by molar-refractivity contribution is -0.129. The zero-order valence-corrected chi connectivity index (χ0v) is 12.6. The lowest BCUT2D eigenvalue weighted by atomic mass is 9.72. The molecule has 1 saturated heterocycles. The summed E-state index contributed by atoms with van der Waals surface area (Å²) < 4.78 is 6.02. The molecule has 1 heterocycles. The largest absolute Gasteiger partial charge is 0.468 e. The Morgan fingerprint density at radius 1 is 1.26 bits per heavy atom. The molecule has 104 valence electrons. The van der Waals surface area contributed by atoms with Gasteiger partial charge in [0.25, 0.3) is 6.47 Å². The minimum absolute atomic E-state index is 0.266. The van der Waals surface area contributed by atoms with Gasteiger partial charge in [-0.15, -0.1) is 0 Å². The van der Waals surface area contributed by atoms with Crippen molar-refractivity contribution in [3.8, 4) is 0 Å². The number of hydrogen-bond acceptors (Lipinski definition) is 3. The molecule has 1 aromatic rings. The van der Waals surface area contributed by atoms with Crippen LogP contribution in [0.25, 0.3) is 0 Å². The number of carbonyl (C=O) groups excluding carboxylic acids is 1. The number of carbonyl (C=O) groups is 1. The van der Waals surface area contributed by atoms with Gasteiger partial charge in [-0.1, -0.05) is 28.1 Å². The molecule has 0 aliphatic carbocycles. The van der Waals surface area contributed by atoms with E-state index in [-0.39, 0.29) is 5.41 Å². The van der Waals surface area contributed by atoms with Gasteiger partial charge < -0.3 is 10.1 Å². The Morgan fingerprint density at radius 2 is 1.95 bits per heavy atom. The van der Waals surface area contributed by atoms with Gasteiger partial charge >= 0.3 is 0 Å². The van der Waals surface area contributed by atoms with E-state index in [0.717, 1.165) is 43.2 Å². The van der Waals surface area contributed by atoms with Crippen molar-refractivity contribution in [3.05, 3.63) is 34.3 Å². The molecule has 0 radical (unpaired) electrons. The SMILES string of the molecule is O=COCCC1(Cc2ccc(Br)cc2)CCNCC1. The van der Waals surface area contributed by atoms with Gasteiger partial charge in [-0.3, -0.25) is 4.79 Å². The zero-order valence-electron chi connectivity index (χ0n) is 11.0. The molecule has 0 spiro atoms. The highest BCUT2D eigenvalue weighted by Gasteiger charge is 2.31. The molecule has 0 aromatic heterocycles. The van der Waals surface area contributed by atoms with E-state index in [4.69, 9.17) is 4.74 Å². The average molecular weight is 326 g/mol. The van der Waals surface area contributed by atoms with E-state index in [1.165, 1.54) is 5.56 Å². The molecule has 0 unspecified atom stereocenters. The van der Waals surface area contributed by atoms with Gasteiger partial charge in [0.05, 0.1) is 6.61 Å². The molecule has 1 aliphatic rings. The summed E-state index contributed by atoms with van der Waals surface area (Å²) >= 11 is 3.47. The second-order valence-electron chi connectivity index (χ2n) is 5.27. The van der Waals surface area contributed by atoms with E-state index in [1.807, 2.05) is 0 Å². The highest BCUT2D eigenvalue weighted by Crippen LogP contribution is 2.36. The van der Waals surface area contributed by atoms with Crippen LogP contribution in [0.5, 0.6) is 0 Å². The summed E-state index contributed by atoms with van der Waals surface area (Å²) in [7, 11) is 0. The maximum Gasteiger partial charge on any atom is 0.293 e. The third-order valence-corrected chi connectivity index (χ3v) is 4.50. The first-order valence-electron chi connectivity index (χ1n) is 6.75. The van der Waals surface area contributed by atoms with Crippen molar-refractivity contribution in [2.75, 3.05) is 19.7 Å². The Bertz CT molecular complexity index is 399. The van der Waals surface area contributed by atoms with Crippen LogP contribution in [0.4, 0.5) is 0 Å². The van der Waals surface area contributed by atoms with Gasteiger partial charge in [0.1, 0.15) is 0 Å². The van der Waals surface area contributed by atoms with Gasteiger partial charge in [-0.2, -0.15) is 0 Å². The van der Waals surface area contributed by atoms with Crippen LogP contribution < -0.4 is 5.32 Å². The lowest BCUT2D eigenvalue weighted by Crippen LogP contribution is -2.39. The number of benzene rings is 1. The van der Waals surface area contributed by atoms with Crippen molar-refractivity contribution < 1.29 is 9.53 Å². The van der Waals surface area contributed by atoms with Gasteiger partial charge in [0.15, 0.2) is 0 Å². The minimum atomic E-state index is 0.266. The van der Waals surface area contributed by atoms with E-state index in [9.17, 15) is 4.79 Å². The third-order valence-electron chi connectivity index (χ3n) is 3.97. The maximum atomic E-state index is 10.3. The molecule has 1 N–H and O–H groups in total. The molecule has 1 aliphatic heterocycles. The smallest absolute Gasteiger partial charge is 0.293 e. The van der Waals surface area contributed by atoms with Crippen LogP contribution in [-0.2, 0) is 16.0 Å². The van der Waals surface area contributed by atoms with Gasteiger partial charge in [0.2, 0.25) is 0 Å². The summed E-state index contributed by atoms with van der Waals surface area (Å²) in [4.78, 5) is 10.3. The Kier molecular flexibility index (Phi) is 5.40. The van der Waals surface area contributed by atoms with Gasteiger partial charge in [-0.25, -0.2) is 0 Å². The minimum Gasteiger partial charge on any atom is -0.468 e. The first-order valence-corrected chi connectivity index (χ1v) is 7.54. The number of rotatable bonds is 6. The summed E-state index contributed by atoms with van der Waals surface area (Å²) in [5, 5.41) is 3.41. The quantitative estimate of drug-likeness (QED) is 0.645. The predicted octanol–water partition coefficient (Wildman–Crippen LogP) is 2.92. The topological polar surface area (TPSA) is 38.3 Å². The Morgan fingerprint density at radius 3 is 2.58 bits per heavy atom. The van der Waals surface area contributed by atoms with Crippen LogP contribution in [0.2, 0.25) is 0 Å². The Balaban J connectivity index is 2.03. The van der Waals surface area contributed by atoms with E-state index >= 15 is 0 Å². The van der Waals surface area contributed by atoms with Crippen molar-refractivity contribution >= 4 is 22.4 Å². The molecule has 3 nitrogen and oxygen atoms in total. The second-order valence-corrected chi connectivity index (χ2v) is 6.19. The van der Waals surface area contributed by atoms with E-state index in [1.54, 1.807) is 0 Å². The molecule has 1 aromatic carbocycles. The van der Waals surface area contributed by atoms with E-state index < -0.39 is 0 Å². The summed E-state index contributed by atoms with van der Waals surface area (Å²) in [6.45, 7) is 3.18. The molecule has 0 amide bonds. The van der Waals surface area contributed by atoms with Crippen LogP contribution in [0.1, 0.15) is 24.8 Å². The van der Waals surface area contributed by atoms with E-state index in [0.29, 0.717) is 13.1 Å². The Hall–Kier alpha value is -0.870. The summed E-state index contributed by atoms with van der Waals surface area (Å²) in [6, 6.07) is 8.53. The van der Waals surface area contributed by atoms with Crippen molar-refractivity contribution in [1.29, 1.82) is 0 Å². The molecular formula is C15H20BrNO2. The lowest BCUT2D eigenvalue weighted by Gasteiger charge is -2.37. The van der Waals surface area contributed by atoms with Crippen molar-refractivity contribution in [2.45, 2.75) is 25.7 Å². The molecule has 1 fully saturated rings. The van der Waals surface area contributed by atoms with Crippen LogP contribution in [0.15, 0.2) is 28.7 Å². The molecular weight excluding hydrogens is 306 g/mol. The molecule has 0 saturated carbocycles. The number of piperidine rings is 1. The molecule has 2 rings (SSSR count).